The zero-order chi connectivity index (χ0) is 17.3. The molecule has 8 nitrogen and oxygen atoms in total. The zero-order valence-corrected chi connectivity index (χ0v) is 14.0. The molecule has 3 rings (SSSR count). The van der Waals surface area contributed by atoms with Crippen molar-refractivity contribution < 1.29 is 14.3 Å². The fraction of sp³-hybridized carbons (Fsp3) is 0.467. The van der Waals surface area contributed by atoms with Crippen LogP contribution in [0.3, 0.4) is 0 Å². The Morgan fingerprint density at radius 2 is 2.33 bits per heavy atom. The first-order valence-electron chi connectivity index (χ1n) is 7.64. The van der Waals surface area contributed by atoms with E-state index in [0.717, 1.165) is 30.8 Å². The maximum Gasteiger partial charge on any atom is 0.262 e. The number of aryl methyl sites for hydroxylation is 1. The third-order valence-corrected chi connectivity index (χ3v) is 5.22. The fourth-order valence-electron chi connectivity index (χ4n) is 2.75. The van der Waals surface area contributed by atoms with Crippen molar-refractivity contribution in [2.75, 3.05) is 13.2 Å². The number of aromatic nitrogens is 2. The third kappa shape index (κ3) is 3.17. The van der Waals surface area contributed by atoms with Gasteiger partial charge in [0, 0.05) is 13.2 Å². The molecule has 0 aliphatic carbocycles. The summed E-state index contributed by atoms with van der Waals surface area (Å²) in [4.78, 5) is 40.9. The third-order valence-electron chi connectivity index (χ3n) is 4.01. The molecule has 2 aromatic heterocycles. The van der Waals surface area contributed by atoms with Crippen molar-refractivity contribution in [3.05, 3.63) is 27.1 Å². The molecule has 1 unspecified atom stereocenters. The molecule has 128 valence electrons. The Labute approximate surface area is 141 Å². The molecule has 3 N–H and O–H groups in total. The Kier molecular flexibility index (Phi) is 4.63. The Morgan fingerprint density at radius 3 is 3.00 bits per heavy atom. The largest absolute Gasteiger partial charge is 0.376 e. The van der Waals surface area contributed by atoms with Crippen LogP contribution in [0, 0.1) is 6.92 Å². The van der Waals surface area contributed by atoms with E-state index in [1.807, 2.05) is 0 Å². The van der Waals surface area contributed by atoms with Crippen molar-refractivity contribution in [3.63, 3.8) is 0 Å². The Balaban J connectivity index is 1.78. The minimum absolute atomic E-state index is 0.0449. The molecule has 3 heterocycles. The molecule has 0 radical (unpaired) electrons. The molecule has 1 saturated heterocycles. The minimum Gasteiger partial charge on any atom is -0.376 e. The van der Waals surface area contributed by atoms with Crippen LogP contribution in [0.1, 0.15) is 28.1 Å². The summed E-state index contributed by atoms with van der Waals surface area (Å²) in [6.07, 6.45) is 3.29. The summed E-state index contributed by atoms with van der Waals surface area (Å²) in [5, 5.41) is 3.10. The molecule has 0 bridgehead atoms. The predicted octanol–water partition coefficient (Wildman–Crippen LogP) is 0.161. The maximum absolute atomic E-state index is 12.6. The molecule has 0 spiro atoms. The van der Waals surface area contributed by atoms with Gasteiger partial charge in [0.1, 0.15) is 11.4 Å². The second kappa shape index (κ2) is 6.70. The van der Waals surface area contributed by atoms with Crippen LogP contribution in [0.4, 0.5) is 0 Å². The van der Waals surface area contributed by atoms with Crippen molar-refractivity contribution in [1.29, 1.82) is 0 Å². The molecule has 24 heavy (non-hydrogen) atoms. The van der Waals surface area contributed by atoms with E-state index < -0.39 is 5.91 Å². The van der Waals surface area contributed by atoms with Crippen LogP contribution in [0.5, 0.6) is 0 Å². The lowest BCUT2D eigenvalue weighted by Gasteiger charge is -2.11. The normalized spacial score (nSPS) is 17.3. The van der Waals surface area contributed by atoms with Crippen LogP contribution in [0.2, 0.25) is 0 Å². The second-order valence-corrected chi connectivity index (χ2v) is 6.72. The van der Waals surface area contributed by atoms with Crippen molar-refractivity contribution in [1.82, 2.24) is 14.9 Å². The van der Waals surface area contributed by atoms with Gasteiger partial charge in [-0.25, -0.2) is 4.98 Å². The summed E-state index contributed by atoms with van der Waals surface area (Å²) in [6.45, 7) is 2.69. The molecule has 1 aliphatic rings. The number of ether oxygens (including phenoxy) is 1. The summed E-state index contributed by atoms with van der Waals surface area (Å²) in [6, 6.07) is 0. The number of primary amides is 1. The lowest BCUT2D eigenvalue weighted by atomic mass is 10.2. The van der Waals surface area contributed by atoms with Gasteiger partial charge in [-0.1, -0.05) is 0 Å². The van der Waals surface area contributed by atoms with Crippen LogP contribution < -0.4 is 16.6 Å². The van der Waals surface area contributed by atoms with Crippen LogP contribution in [-0.2, 0) is 16.1 Å². The van der Waals surface area contributed by atoms with Crippen molar-refractivity contribution in [2.24, 2.45) is 5.73 Å². The molecular weight excluding hydrogens is 332 g/mol. The van der Waals surface area contributed by atoms with Crippen LogP contribution >= 0.6 is 11.3 Å². The molecule has 1 fully saturated rings. The van der Waals surface area contributed by atoms with Gasteiger partial charge in [0.05, 0.1) is 22.7 Å². The number of carbonyl (C=O) groups is 2. The maximum atomic E-state index is 12.6. The van der Waals surface area contributed by atoms with Gasteiger partial charge >= 0.3 is 0 Å². The summed E-state index contributed by atoms with van der Waals surface area (Å²) >= 11 is 1.08. The van der Waals surface area contributed by atoms with Crippen LogP contribution in [0.15, 0.2) is 11.1 Å². The van der Waals surface area contributed by atoms with Crippen LogP contribution in [0.25, 0.3) is 10.2 Å². The van der Waals surface area contributed by atoms with E-state index in [1.165, 1.54) is 10.9 Å². The SMILES string of the molecule is Cc1c(C(N)=O)sc2ncn(CC(=O)NCC3CCCO3)c(=O)c12. The number of nitrogens with one attached hydrogen (secondary N) is 1. The van der Waals surface area contributed by atoms with Gasteiger partial charge in [0.15, 0.2) is 0 Å². The van der Waals surface area contributed by atoms with E-state index in [-0.39, 0.29) is 24.1 Å². The zero-order valence-electron chi connectivity index (χ0n) is 13.2. The van der Waals surface area contributed by atoms with E-state index in [1.54, 1.807) is 6.92 Å². The van der Waals surface area contributed by atoms with Crippen molar-refractivity contribution >= 4 is 33.4 Å². The number of thiophene rings is 1. The van der Waals surface area contributed by atoms with Gasteiger partial charge in [-0.3, -0.25) is 19.0 Å². The predicted molar refractivity (Wildman–Crippen MR) is 89.1 cm³/mol. The van der Waals surface area contributed by atoms with Crippen molar-refractivity contribution in [2.45, 2.75) is 32.4 Å². The highest BCUT2D eigenvalue weighted by atomic mass is 32.1. The lowest BCUT2D eigenvalue weighted by Crippen LogP contribution is -2.36. The lowest BCUT2D eigenvalue weighted by molar-refractivity contribution is -0.122. The smallest absolute Gasteiger partial charge is 0.262 e. The second-order valence-electron chi connectivity index (χ2n) is 5.72. The monoisotopic (exact) mass is 350 g/mol. The molecule has 1 aliphatic heterocycles. The number of nitrogens with two attached hydrogens (primary N) is 1. The average molecular weight is 350 g/mol. The quantitative estimate of drug-likeness (QED) is 0.797. The number of fused-ring (bicyclic) bond motifs is 1. The fourth-order valence-corrected chi connectivity index (χ4v) is 3.74. The highest BCUT2D eigenvalue weighted by Crippen LogP contribution is 2.26. The number of nitrogens with zero attached hydrogens (tertiary/aromatic N) is 2. The molecular formula is C15H18N4O4S. The van der Waals surface area contributed by atoms with Gasteiger partial charge in [-0.05, 0) is 25.3 Å². The van der Waals surface area contributed by atoms with Crippen molar-refractivity contribution in [3.8, 4) is 0 Å². The number of hydrogen-bond donors (Lipinski definition) is 2. The first-order valence-corrected chi connectivity index (χ1v) is 8.45. The van der Waals surface area contributed by atoms with E-state index >= 15 is 0 Å². The van der Waals surface area contributed by atoms with E-state index in [4.69, 9.17) is 10.5 Å². The number of rotatable bonds is 5. The Morgan fingerprint density at radius 1 is 1.54 bits per heavy atom. The minimum atomic E-state index is -0.587. The highest BCUT2D eigenvalue weighted by Gasteiger charge is 2.19. The summed E-state index contributed by atoms with van der Waals surface area (Å²) in [5.41, 5.74) is 5.46. The van der Waals surface area contributed by atoms with E-state index in [9.17, 15) is 14.4 Å². The summed E-state index contributed by atoms with van der Waals surface area (Å²) < 4.78 is 6.67. The molecule has 0 aromatic carbocycles. The number of amides is 2. The van der Waals surface area contributed by atoms with Gasteiger partial charge in [0.2, 0.25) is 5.91 Å². The average Bonchev–Trinajstić information content (AvgIpc) is 3.16. The van der Waals surface area contributed by atoms with Gasteiger partial charge in [-0.15, -0.1) is 11.3 Å². The first-order chi connectivity index (χ1) is 11.5. The standard InChI is InChI=1S/C15H18N4O4S/c1-8-11-14(24-12(8)13(16)21)18-7-19(15(11)22)6-10(20)17-5-9-3-2-4-23-9/h7,9H,2-6H2,1H3,(H2,16,21)(H,17,20). The van der Waals surface area contributed by atoms with Gasteiger partial charge in [0.25, 0.3) is 11.5 Å². The molecule has 0 saturated carbocycles. The molecule has 1 atom stereocenters. The molecule has 2 amide bonds. The Hall–Kier alpha value is -2.26. The number of carbonyl (C=O) groups excluding carboxylic acids is 2. The molecule has 9 heteroatoms. The Bertz CT molecular complexity index is 851. The van der Waals surface area contributed by atoms with Crippen LogP contribution in [-0.4, -0.2) is 40.6 Å². The van der Waals surface area contributed by atoms with E-state index in [2.05, 4.69) is 10.3 Å². The van der Waals surface area contributed by atoms with Gasteiger partial charge in [-0.2, -0.15) is 0 Å². The molecule has 2 aromatic rings. The topological polar surface area (TPSA) is 116 Å². The van der Waals surface area contributed by atoms with E-state index in [0.29, 0.717) is 27.2 Å². The highest BCUT2D eigenvalue weighted by molar-refractivity contribution is 7.20. The summed E-state index contributed by atoms with van der Waals surface area (Å²) in [5.74, 6) is -0.868. The number of hydrogen-bond acceptors (Lipinski definition) is 6. The van der Waals surface area contributed by atoms with Gasteiger partial charge < -0.3 is 15.8 Å². The first kappa shape index (κ1) is 16.6. The summed E-state index contributed by atoms with van der Waals surface area (Å²) in [7, 11) is 0.